The fraction of sp³-hybridized carbons (Fsp3) is 0.778. The maximum Gasteiger partial charge on any atom is 0.413 e. The summed E-state index contributed by atoms with van der Waals surface area (Å²) in [6.07, 6.45) is 0.245. The molecule has 0 radical (unpaired) electrons. The Kier molecular flexibility index (Phi) is 4.05. The Morgan fingerprint density at radius 3 is 2.80 bits per heavy atom. The number of ether oxygens (including phenoxy) is 1. The normalized spacial score (nSPS) is 24.9. The first-order valence-electron chi connectivity index (χ1n) is 4.89. The van der Waals surface area contributed by atoms with Crippen molar-refractivity contribution in [1.82, 2.24) is 16.0 Å². The SMILES string of the molecule is COC(=O)NC(=O)CNC1(C)CCNC1. The maximum absolute atomic E-state index is 11.2. The monoisotopic (exact) mass is 215 g/mol. The molecule has 0 aromatic rings. The zero-order valence-corrected chi connectivity index (χ0v) is 9.05. The fourth-order valence-electron chi connectivity index (χ4n) is 1.47. The highest BCUT2D eigenvalue weighted by Crippen LogP contribution is 2.12. The number of rotatable bonds is 3. The molecule has 6 nitrogen and oxygen atoms in total. The predicted octanol–water partition coefficient (Wildman–Crippen LogP) is -0.789. The molecule has 2 amide bonds. The molecule has 1 aliphatic heterocycles. The van der Waals surface area contributed by atoms with Crippen LogP contribution in [0, 0.1) is 0 Å². The summed E-state index contributed by atoms with van der Waals surface area (Å²) in [7, 11) is 1.22. The number of carbonyl (C=O) groups excluding carboxylic acids is 2. The van der Waals surface area contributed by atoms with Crippen molar-refractivity contribution in [2.75, 3.05) is 26.7 Å². The number of hydrogen-bond acceptors (Lipinski definition) is 5. The molecule has 15 heavy (non-hydrogen) atoms. The molecular formula is C9H17N3O3. The molecule has 0 aliphatic carbocycles. The van der Waals surface area contributed by atoms with Crippen molar-refractivity contribution in [3.63, 3.8) is 0 Å². The number of hydrogen-bond donors (Lipinski definition) is 3. The van der Waals surface area contributed by atoms with Gasteiger partial charge in [-0.25, -0.2) is 4.79 Å². The Bertz CT molecular complexity index is 249. The number of imide groups is 1. The molecule has 1 heterocycles. The Labute approximate surface area is 88.7 Å². The molecule has 0 spiro atoms. The minimum absolute atomic E-state index is 0.0620. The molecule has 1 aliphatic rings. The van der Waals surface area contributed by atoms with E-state index in [0.29, 0.717) is 0 Å². The molecule has 86 valence electrons. The molecule has 3 N–H and O–H groups in total. The minimum atomic E-state index is -0.725. The third-order valence-electron chi connectivity index (χ3n) is 2.47. The fourth-order valence-corrected chi connectivity index (χ4v) is 1.47. The Hall–Kier alpha value is -1.14. The van der Waals surface area contributed by atoms with E-state index < -0.39 is 6.09 Å². The highest BCUT2D eigenvalue weighted by atomic mass is 16.5. The van der Waals surface area contributed by atoms with Crippen molar-refractivity contribution in [2.24, 2.45) is 0 Å². The lowest BCUT2D eigenvalue weighted by atomic mass is 10.0. The van der Waals surface area contributed by atoms with Gasteiger partial charge in [-0.05, 0) is 19.9 Å². The van der Waals surface area contributed by atoms with E-state index in [1.807, 2.05) is 6.92 Å². The topological polar surface area (TPSA) is 79.5 Å². The van der Waals surface area contributed by atoms with Crippen molar-refractivity contribution in [2.45, 2.75) is 18.9 Å². The van der Waals surface area contributed by atoms with Gasteiger partial charge in [-0.1, -0.05) is 0 Å². The quantitative estimate of drug-likeness (QED) is 0.575. The third-order valence-corrected chi connectivity index (χ3v) is 2.47. The van der Waals surface area contributed by atoms with E-state index in [1.54, 1.807) is 0 Å². The number of carbonyl (C=O) groups is 2. The van der Waals surface area contributed by atoms with E-state index in [0.717, 1.165) is 19.5 Å². The second kappa shape index (κ2) is 5.09. The second-order valence-electron chi connectivity index (χ2n) is 3.88. The van der Waals surface area contributed by atoms with Gasteiger partial charge < -0.3 is 15.4 Å². The van der Waals surface area contributed by atoms with E-state index in [4.69, 9.17) is 0 Å². The summed E-state index contributed by atoms with van der Waals surface area (Å²) in [4.78, 5) is 21.9. The lowest BCUT2D eigenvalue weighted by molar-refractivity contribution is -0.119. The van der Waals surface area contributed by atoms with E-state index in [1.165, 1.54) is 7.11 Å². The first-order chi connectivity index (χ1) is 7.06. The number of methoxy groups -OCH3 is 1. The van der Waals surface area contributed by atoms with Gasteiger partial charge in [0.2, 0.25) is 5.91 Å². The number of amides is 2. The van der Waals surface area contributed by atoms with E-state index >= 15 is 0 Å². The highest BCUT2D eigenvalue weighted by molar-refractivity contribution is 5.92. The zero-order valence-electron chi connectivity index (χ0n) is 9.05. The van der Waals surface area contributed by atoms with Gasteiger partial charge in [0.25, 0.3) is 0 Å². The molecule has 6 heteroatoms. The predicted molar refractivity (Wildman–Crippen MR) is 54.4 cm³/mol. The van der Waals surface area contributed by atoms with Crippen LogP contribution in [0.15, 0.2) is 0 Å². The lowest BCUT2D eigenvalue weighted by Gasteiger charge is -2.23. The Balaban J connectivity index is 2.24. The van der Waals surface area contributed by atoms with Gasteiger partial charge in [-0.2, -0.15) is 0 Å². The lowest BCUT2D eigenvalue weighted by Crippen LogP contribution is -2.49. The van der Waals surface area contributed by atoms with Crippen LogP contribution in [0.5, 0.6) is 0 Å². The van der Waals surface area contributed by atoms with Crippen LogP contribution in [0.25, 0.3) is 0 Å². The third kappa shape index (κ3) is 3.85. The first kappa shape index (κ1) is 11.9. The second-order valence-corrected chi connectivity index (χ2v) is 3.88. The molecule has 0 bridgehead atoms. The average Bonchev–Trinajstić information content (AvgIpc) is 2.63. The molecule has 1 atom stereocenters. The minimum Gasteiger partial charge on any atom is -0.453 e. The van der Waals surface area contributed by atoms with Gasteiger partial charge in [-0.15, -0.1) is 0 Å². The molecule has 1 saturated heterocycles. The smallest absolute Gasteiger partial charge is 0.413 e. The van der Waals surface area contributed by atoms with Crippen LogP contribution in [-0.2, 0) is 9.53 Å². The number of nitrogens with one attached hydrogen (secondary N) is 3. The summed E-state index contributed by atoms with van der Waals surface area (Å²) >= 11 is 0. The Morgan fingerprint density at radius 2 is 2.27 bits per heavy atom. The zero-order chi connectivity index (χ0) is 11.3. The van der Waals surface area contributed by atoms with Crippen molar-refractivity contribution in [1.29, 1.82) is 0 Å². The van der Waals surface area contributed by atoms with Crippen molar-refractivity contribution < 1.29 is 14.3 Å². The largest absolute Gasteiger partial charge is 0.453 e. The van der Waals surface area contributed by atoms with Crippen LogP contribution in [-0.4, -0.2) is 44.3 Å². The highest BCUT2D eigenvalue weighted by Gasteiger charge is 2.28. The van der Waals surface area contributed by atoms with E-state index in [2.05, 4.69) is 20.7 Å². The van der Waals surface area contributed by atoms with Crippen LogP contribution >= 0.6 is 0 Å². The molecule has 0 aromatic carbocycles. The summed E-state index contributed by atoms with van der Waals surface area (Å²) in [5.74, 6) is -0.380. The molecule has 1 rings (SSSR count). The molecule has 1 unspecified atom stereocenters. The van der Waals surface area contributed by atoms with Gasteiger partial charge in [0.05, 0.1) is 13.7 Å². The van der Waals surface area contributed by atoms with Crippen LogP contribution in [0.1, 0.15) is 13.3 Å². The molecule has 0 aromatic heterocycles. The summed E-state index contributed by atoms with van der Waals surface area (Å²) < 4.78 is 4.31. The van der Waals surface area contributed by atoms with Crippen molar-refractivity contribution in [3.8, 4) is 0 Å². The van der Waals surface area contributed by atoms with Gasteiger partial charge in [0, 0.05) is 12.1 Å². The Morgan fingerprint density at radius 1 is 1.53 bits per heavy atom. The number of alkyl carbamates (subject to hydrolysis) is 1. The molecule has 0 saturated carbocycles. The van der Waals surface area contributed by atoms with Gasteiger partial charge >= 0.3 is 6.09 Å². The van der Waals surface area contributed by atoms with Crippen molar-refractivity contribution >= 4 is 12.0 Å². The van der Waals surface area contributed by atoms with Gasteiger partial charge in [0.15, 0.2) is 0 Å². The van der Waals surface area contributed by atoms with E-state index in [9.17, 15) is 9.59 Å². The van der Waals surface area contributed by atoms with Crippen LogP contribution < -0.4 is 16.0 Å². The van der Waals surface area contributed by atoms with Crippen molar-refractivity contribution in [3.05, 3.63) is 0 Å². The summed E-state index contributed by atoms with van der Waals surface area (Å²) in [6, 6.07) is 0. The van der Waals surface area contributed by atoms with Crippen LogP contribution in [0.4, 0.5) is 4.79 Å². The van der Waals surface area contributed by atoms with Crippen LogP contribution in [0.2, 0.25) is 0 Å². The standard InChI is InChI=1S/C9H17N3O3/c1-9(3-4-10-6-9)11-5-7(13)12-8(14)15-2/h10-11H,3-6H2,1-2H3,(H,12,13,14). The summed E-state index contributed by atoms with van der Waals surface area (Å²) in [5, 5.41) is 8.40. The van der Waals surface area contributed by atoms with Gasteiger partial charge in [0.1, 0.15) is 0 Å². The maximum atomic E-state index is 11.2. The summed E-state index contributed by atoms with van der Waals surface area (Å²) in [6.45, 7) is 3.94. The molecular weight excluding hydrogens is 198 g/mol. The van der Waals surface area contributed by atoms with E-state index in [-0.39, 0.29) is 18.0 Å². The van der Waals surface area contributed by atoms with Gasteiger partial charge in [-0.3, -0.25) is 10.1 Å². The average molecular weight is 215 g/mol. The first-order valence-corrected chi connectivity index (χ1v) is 4.89. The summed E-state index contributed by atoms with van der Waals surface area (Å²) in [5.41, 5.74) is -0.0620. The van der Waals surface area contributed by atoms with Crippen LogP contribution in [0.3, 0.4) is 0 Å². The molecule has 1 fully saturated rings.